The number of amides is 4. The molecule has 1 aliphatic heterocycles. The van der Waals surface area contributed by atoms with Crippen LogP contribution in [0.4, 0.5) is 10.5 Å². The molecule has 1 heterocycles. The topological polar surface area (TPSA) is 111 Å². The van der Waals surface area contributed by atoms with Crippen molar-refractivity contribution < 1.29 is 33.4 Å². The van der Waals surface area contributed by atoms with Crippen LogP contribution in [0.1, 0.15) is 26.3 Å². The van der Waals surface area contributed by atoms with Gasteiger partial charge in [-0.05, 0) is 68.8 Å². The number of hydrogen-bond acceptors (Lipinski definition) is 7. The van der Waals surface area contributed by atoms with Gasteiger partial charge >= 0.3 is 12.0 Å². The van der Waals surface area contributed by atoms with E-state index in [9.17, 15) is 19.2 Å². The minimum Gasteiger partial charge on any atom is -0.494 e. The highest BCUT2D eigenvalue weighted by Gasteiger charge is 2.36. The lowest BCUT2D eigenvalue weighted by molar-refractivity contribution is -0.149. The second kappa shape index (κ2) is 10.4. The van der Waals surface area contributed by atoms with Gasteiger partial charge in [0, 0.05) is 0 Å². The zero-order valence-electron chi connectivity index (χ0n) is 18.5. The lowest BCUT2D eigenvalue weighted by Crippen LogP contribution is -2.54. The van der Waals surface area contributed by atoms with Crippen LogP contribution in [0.5, 0.6) is 11.5 Å². The number of carbonyl (C=O) groups excluding carboxylic acids is 4. The molecule has 172 valence electrons. The summed E-state index contributed by atoms with van der Waals surface area (Å²) >= 11 is 0. The second-order valence-electron chi connectivity index (χ2n) is 7.28. The molecule has 1 aliphatic rings. The number of barbiturate groups is 1. The zero-order valence-corrected chi connectivity index (χ0v) is 18.5. The third-order valence-corrected chi connectivity index (χ3v) is 4.42. The van der Waals surface area contributed by atoms with E-state index < -0.39 is 23.8 Å². The molecule has 0 atom stereocenters. The fourth-order valence-corrected chi connectivity index (χ4v) is 3.02. The van der Waals surface area contributed by atoms with Crippen molar-refractivity contribution in [3.63, 3.8) is 0 Å². The van der Waals surface area contributed by atoms with Crippen molar-refractivity contribution in [2.75, 3.05) is 18.1 Å². The van der Waals surface area contributed by atoms with E-state index in [2.05, 4.69) is 5.32 Å². The van der Waals surface area contributed by atoms with Crippen molar-refractivity contribution in [2.24, 2.45) is 0 Å². The number of nitrogens with one attached hydrogen (secondary N) is 1. The number of imide groups is 2. The third-order valence-electron chi connectivity index (χ3n) is 4.42. The highest BCUT2D eigenvalue weighted by Crippen LogP contribution is 2.24. The van der Waals surface area contributed by atoms with E-state index in [4.69, 9.17) is 14.2 Å². The number of nitrogens with zero attached hydrogens (tertiary/aromatic N) is 1. The average molecular weight is 452 g/mol. The lowest BCUT2D eigenvalue weighted by Gasteiger charge is -2.26. The molecule has 1 saturated heterocycles. The van der Waals surface area contributed by atoms with Gasteiger partial charge in [-0.25, -0.2) is 14.5 Å². The summed E-state index contributed by atoms with van der Waals surface area (Å²) < 4.78 is 15.7. The molecule has 2 aromatic carbocycles. The van der Waals surface area contributed by atoms with Gasteiger partial charge < -0.3 is 14.2 Å². The van der Waals surface area contributed by atoms with Crippen molar-refractivity contribution in [3.05, 3.63) is 59.7 Å². The summed E-state index contributed by atoms with van der Waals surface area (Å²) in [5.41, 5.74) is 0.639. The molecule has 9 heteroatoms. The molecular weight excluding hydrogens is 428 g/mol. The molecule has 0 aliphatic carbocycles. The van der Waals surface area contributed by atoms with E-state index in [1.807, 2.05) is 6.92 Å². The van der Waals surface area contributed by atoms with Gasteiger partial charge in [-0.1, -0.05) is 12.1 Å². The number of benzene rings is 2. The maximum absolute atomic E-state index is 13.0. The molecule has 3 rings (SSSR count). The smallest absolute Gasteiger partial charge is 0.344 e. The van der Waals surface area contributed by atoms with E-state index >= 15 is 0 Å². The van der Waals surface area contributed by atoms with Crippen molar-refractivity contribution in [2.45, 2.75) is 26.9 Å². The van der Waals surface area contributed by atoms with Gasteiger partial charge in [-0.3, -0.25) is 14.9 Å². The summed E-state index contributed by atoms with van der Waals surface area (Å²) in [5.74, 6) is -1.01. The van der Waals surface area contributed by atoms with Crippen LogP contribution in [-0.4, -0.2) is 43.1 Å². The van der Waals surface area contributed by atoms with E-state index in [0.29, 0.717) is 29.4 Å². The molecule has 1 fully saturated rings. The van der Waals surface area contributed by atoms with Crippen LogP contribution in [0, 0.1) is 0 Å². The molecule has 1 N–H and O–H groups in total. The summed E-state index contributed by atoms with van der Waals surface area (Å²) in [7, 11) is 0. The maximum Gasteiger partial charge on any atom is 0.344 e. The van der Waals surface area contributed by atoms with Gasteiger partial charge in [-0.15, -0.1) is 0 Å². The number of hydrogen-bond donors (Lipinski definition) is 1. The number of carbonyl (C=O) groups is 4. The normalized spacial score (nSPS) is 15.0. The Balaban J connectivity index is 1.75. The molecule has 2 aromatic rings. The Morgan fingerprint density at radius 3 is 2.18 bits per heavy atom. The standard InChI is InChI=1S/C24H24N2O7/c1-4-31-18-11-7-17(8-12-18)26-23(29)20(22(28)25-24(26)30)13-16-5-9-19(10-6-16)32-14-21(27)33-15(2)3/h5-13,15H,4,14H2,1-3H3,(H,25,28,30)/b20-13+. The largest absolute Gasteiger partial charge is 0.494 e. The quantitative estimate of drug-likeness (QED) is 0.372. The number of rotatable bonds is 8. The van der Waals surface area contributed by atoms with Crippen LogP contribution >= 0.6 is 0 Å². The Kier molecular flexibility index (Phi) is 7.45. The van der Waals surface area contributed by atoms with E-state index in [-0.39, 0.29) is 18.3 Å². The number of esters is 1. The van der Waals surface area contributed by atoms with Gasteiger partial charge in [0.05, 0.1) is 18.4 Å². The Morgan fingerprint density at radius 1 is 0.970 bits per heavy atom. The molecule has 33 heavy (non-hydrogen) atoms. The van der Waals surface area contributed by atoms with Gasteiger partial charge in [0.15, 0.2) is 6.61 Å². The molecule has 0 spiro atoms. The van der Waals surface area contributed by atoms with Crippen molar-refractivity contribution >= 4 is 35.6 Å². The summed E-state index contributed by atoms with van der Waals surface area (Å²) in [5, 5.41) is 2.18. The Morgan fingerprint density at radius 2 is 1.58 bits per heavy atom. The fourth-order valence-electron chi connectivity index (χ4n) is 3.02. The lowest BCUT2D eigenvalue weighted by atomic mass is 10.1. The first-order valence-corrected chi connectivity index (χ1v) is 10.3. The maximum atomic E-state index is 13.0. The predicted octanol–water partition coefficient (Wildman–Crippen LogP) is 3.08. The Labute approximate surface area is 190 Å². The predicted molar refractivity (Wildman–Crippen MR) is 120 cm³/mol. The van der Waals surface area contributed by atoms with Crippen LogP contribution in [-0.2, 0) is 19.1 Å². The molecular formula is C24H24N2O7. The number of ether oxygens (including phenoxy) is 3. The van der Waals surface area contributed by atoms with Crippen LogP contribution in [0.25, 0.3) is 6.08 Å². The molecule has 0 radical (unpaired) electrons. The first kappa shape index (κ1) is 23.5. The van der Waals surface area contributed by atoms with Crippen LogP contribution in [0.2, 0.25) is 0 Å². The molecule has 9 nitrogen and oxygen atoms in total. The van der Waals surface area contributed by atoms with Crippen LogP contribution in [0.15, 0.2) is 54.1 Å². The van der Waals surface area contributed by atoms with E-state index in [1.165, 1.54) is 6.08 Å². The van der Waals surface area contributed by atoms with E-state index in [0.717, 1.165) is 4.90 Å². The molecule has 0 aromatic heterocycles. The summed E-state index contributed by atoms with van der Waals surface area (Å²) in [6.07, 6.45) is 1.14. The molecule has 4 amide bonds. The minimum absolute atomic E-state index is 0.197. The van der Waals surface area contributed by atoms with Gasteiger partial charge in [-0.2, -0.15) is 0 Å². The molecule has 0 bridgehead atoms. The first-order valence-electron chi connectivity index (χ1n) is 10.3. The molecule has 0 unspecified atom stereocenters. The third kappa shape index (κ3) is 5.97. The fraction of sp³-hybridized carbons (Fsp3) is 0.250. The van der Waals surface area contributed by atoms with Gasteiger partial charge in [0.2, 0.25) is 0 Å². The first-order chi connectivity index (χ1) is 15.8. The Bertz CT molecular complexity index is 1070. The average Bonchev–Trinajstić information content (AvgIpc) is 2.77. The summed E-state index contributed by atoms with van der Waals surface area (Å²) in [4.78, 5) is 50.1. The van der Waals surface area contributed by atoms with Crippen LogP contribution in [0.3, 0.4) is 0 Å². The summed E-state index contributed by atoms with van der Waals surface area (Å²) in [6.45, 7) is 5.58. The SMILES string of the molecule is CCOc1ccc(N2C(=O)NC(=O)/C(=C\c3ccc(OCC(=O)OC(C)C)cc3)C2=O)cc1. The van der Waals surface area contributed by atoms with E-state index in [1.54, 1.807) is 62.4 Å². The van der Waals surface area contributed by atoms with Gasteiger partial charge in [0.1, 0.15) is 17.1 Å². The molecule has 0 saturated carbocycles. The van der Waals surface area contributed by atoms with Crippen molar-refractivity contribution in [1.82, 2.24) is 5.32 Å². The zero-order chi connectivity index (χ0) is 24.0. The monoisotopic (exact) mass is 452 g/mol. The Hall–Kier alpha value is -4.14. The van der Waals surface area contributed by atoms with Gasteiger partial charge in [0.25, 0.3) is 11.8 Å². The van der Waals surface area contributed by atoms with Crippen molar-refractivity contribution in [3.8, 4) is 11.5 Å². The second-order valence-corrected chi connectivity index (χ2v) is 7.28. The minimum atomic E-state index is -0.830. The highest BCUT2D eigenvalue weighted by molar-refractivity contribution is 6.39. The van der Waals surface area contributed by atoms with Crippen molar-refractivity contribution in [1.29, 1.82) is 0 Å². The number of urea groups is 1. The number of anilines is 1. The summed E-state index contributed by atoms with van der Waals surface area (Å²) in [6, 6.07) is 12.0. The van der Waals surface area contributed by atoms with Crippen LogP contribution < -0.4 is 19.7 Å². The highest BCUT2D eigenvalue weighted by atomic mass is 16.6.